The fourth-order valence-electron chi connectivity index (χ4n) is 3.68. The van der Waals surface area contributed by atoms with E-state index >= 15 is 0 Å². The highest BCUT2D eigenvalue weighted by molar-refractivity contribution is 7.91. The van der Waals surface area contributed by atoms with E-state index in [9.17, 15) is 22.8 Å². The molecule has 8 nitrogen and oxygen atoms in total. The fraction of sp³-hybridized carbons (Fsp3) is 0.125. The van der Waals surface area contributed by atoms with Crippen LogP contribution in [0.1, 0.15) is 26.3 Å². The summed E-state index contributed by atoms with van der Waals surface area (Å²) in [6.07, 6.45) is 0. The van der Waals surface area contributed by atoms with Crippen molar-refractivity contribution in [3.63, 3.8) is 0 Å². The van der Waals surface area contributed by atoms with Crippen LogP contribution in [0.25, 0.3) is 0 Å². The number of ether oxygens (including phenoxy) is 1. The first kappa shape index (κ1) is 23.5. The van der Waals surface area contributed by atoms with Crippen molar-refractivity contribution >= 4 is 50.6 Å². The van der Waals surface area contributed by atoms with Crippen molar-refractivity contribution in [1.29, 1.82) is 0 Å². The van der Waals surface area contributed by atoms with Crippen molar-refractivity contribution in [2.24, 2.45) is 0 Å². The molecular weight excluding hydrogens is 480 g/mol. The molecule has 1 aliphatic rings. The van der Waals surface area contributed by atoms with E-state index in [2.05, 4.69) is 5.32 Å². The minimum Gasteiger partial charge on any atom is -0.465 e. The van der Waals surface area contributed by atoms with Crippen molar-refractivity contribution in [3.8, 4) is 0 Å². The molecule has 0 aliphatic carbocycles. The molecular formula is C24H19ClN2O6S. The first-order valence-corrected chi connectivity index (χ1v) is 11.9. The maximum atomic E-state index is 13.5. The van der Waals surface area contributed by atoms with Crippen molar-refractivity contribution < 1.29 is 27.5 Å². The molecule has 1 heterocycles. The number of hydrogen-bond acceptors (Lipinski definition) is 6. The number of hydrogen-bond donors (Lipinski definition) is 1. The maximum Gasteiger partial charge on any atom is 0.337 e. The molecule has 3 aromatic rings. The second-order valence-electron chi connectivity index (χ2n) is 7.53. The number of benzene rings is 3. The zero-order valence-electron chi connectivity index (χ0n) is 18.2. The van der Waals surface area contributed by atoms with Crippen LogP contribution >= 0.6 is 11.6 Å². The summed E-state index contributed by atoms with van der Waals surface area (Å²) in [6.45, 7) is 1.22. The van der Waals surface area contributed by atoms with E-state index in [4.69, 9.17) is 16.3 Å². The van der Waals surface area contributed by atoms with Crippen LogP contribution in [0, 0.1) is 6.92 Å². The second kappa shape index (κ2) is 8.92. The summed E-state index contributed by atoms with van der Waals surface area (Å²) >= 11 is 6.12. The lowest BCUT2D eigenvalue weighted by atomic mass is 10.1. The standard InChI is InChI=1S/C24H19ClN2O6S/c1-14-17(25)7-5-8-18(14)26-22(28)13-27-19-12-15(24(30)33-2)10-11-21(19)34(31,32)20-9-4-3-6-16(20)23(27)29/h3-12H,13H2,1-2H3,(H,26,28). The molecule has 0 atom stereocenters. The monoisotopic (exact) mass is 498 g/mol. The summed E-state index contributed by atoms with van der Waals surface area (Å²) in [4.78, 5) is 39.2. The van der Waals surface area contributed by atoms with Gasteiger partial charge < -0.3 is 10.1 Å². The van der Waals surface area contributed by atoms with E-state index in [0.29, 0.717) is 16.3 Å². The Morgan fingerprint density at radius 2 is 1.76 bits per heavy atom. The Morgan fingerprint density at radius 3 is 2.50 bits per heavy atom. The van der Waals surface area contributed by atoms with Gasteiger partial charge >= 0.3 is 5.97 Å². The minimum absolute atomic E-state index is 0.0336. The summed E-state index contributed by atoms with van der Waals surface area (Å²) in [5, 5.41) is 3.16. The van der Waals surface area contributed by atoms with Gasteiger partial charge in [0, 0.05) is 10.7 Å². The largest absolute Gasteiger partial charge is 0.465 e. The lowest BCUT2D eigenvalue weighted by Gasteiger charge is -2.23. The van der Waals surface area contributed by atoms with E-state index < -0.39 is 34.2 Å². The molecule has 0 aromatic heterocycles. The molecule has 4 rings (SSSR count). The fourth-order valence-corrected chi connectivity index (χ4v) is 5.49. The number of nitrogens with one attached hydrogen (secondary N) is 1. The molecule has 1 aliphatic heterocycles. The third-order valence-electron chi connectivity index (χ3n) is 5.46. The van der Waals surface area contributed by atoms with Gasteiger partial charge in [-0.3, -0.25) is 14.5 Å². The molecule has 34 heavy (non-hydrogen) atoms. The van der Waals surface area contributed by atoms with Gasteiger partial charge in [-0.2, -0.15) is 0 Å². The minimum atomic E-state index is -4.12. The molecule has 1 N–H and O–H groups in total. The van der Waals surface area contributed by atoms with Crippen LogP contribution in [-0.2, 0) is 19.4 Å². The Hall–Kier alpha value is -3.69. The first-order chi connectivity index (χ1) is 16.1. The van der Waals surface area contributed by atoms with Crippen LogP contribution in [0.4, 0.5) is 11.4 Å². The van der Waals surface area contributed by atoms with Gasteiger partial charge in [0.05, 0.1) is 33.7 Å². The molecule has 0 radical (unpaired) electrons. The van der Waals surface area contributed by atoms with E-state index in [-0.39, 0.29) is 26.6 Å². The quantitative estimate of drug-likeness (QED) is 0.547. The van der Waals surface area contributed by atoms with Crippen LogP contribution in [-0.4, -0.2) is 39.9 Å². The Bertz CT molecular complexity index is 1450. The normalized spacial score (nSPS) is 14.0. The number of carbonyl (C=O) groups excluding carboxylic acids is 3. The lowest BCUT2D eigenvalue weighted by molar-refractivity contribution is -0.114. The Balaban J connectivity index is 1.84. The molecule has 3 aromatic carbocycles. The summed E-state index contributed by atoms with van der Waals surface area (Å²) in [7, 11) is -2.94. The number of fused-ring (bicyclic) bond motifs is 2. The molecule has 0 unspecified atom stereocenters. The predicted molar refractivity (Wildman–Crippen MR) is 126 cm³/mol. The van der Waals surface area contributed by atoms with Gasteiger partial charge in [0.1, 0.15) is 6.54 Å². The number of anilines is 2. The highest BCUT2D eigenvalue weighted by atomic mass is 35.5. The number of amides is 2. The number of nitrogens with zero attached hydrogens (tertiary/aromatic N) is 1. The SMILES string of the molecule is COC(=O)c1ccc2c(c1)N(CC(=O)Nc1cccc(Cl)c1C)C(=O)c1ccccc1S2(=O)=O. The zero-order chi connectivity index (χ0) is 24.6. The van der Waals surface area contributed by atoms with Crippen LogP contribution in [0.15, 0.2) is 70.5 Å². The average molecular weight is 499 g/mol. The molecule has 2 amide bonds. The van der Waals surface area contributed by atoms with E-state index in [0.717, 1.165) is 4.90 Å². The maximum absolute atomic E-state index is 13.5. The summed E-state index contributed by atoms with van der Waals surface area (Å²) in [6, 6.07) is 14.5. The smallest absolute Gasteiger partial charge is 0.337 e. The number of halogens is 1. The van der Waals surface area contributed by atoms with Gasteiger partial charge in [-0.05, 0) is 55.0 Å². The van der Waals surface area contributed by atoms with Gasteiger partial charge in [0.25, 0.3) is 5.91 Å². The first-order valence-electron chi connectivity index (χ1n) is 10.1. The van der Waals surface area contributed by atoms with Gasteiger partial charge in [0.15, 0.2) is 0 Å². The number of sulfone groups is 1. The van der Waals surface area contributed by atoms with Crippen LogP contribution in [0.3, 0.4) is 0 Å². The van der Waals surface area contributed by atoms with Crippen LogP contribution < -0.4 is 10.2 Å². The van der Waals surface area contributed by atoms with Gasteiger partial charge in [-0.15, -0.1) is 0 Å². The highest BCUT2D eigenvalue weighted by Gasteiger charge is 2.37. The van der Waals surface area contributed by atoms with Crippen molar-refractivity contribution in [2.75, 3.05) is 23.9 Å². The number of methoxy groups -OCH3 is 1. The van der Waals surface area contributed by atoms with E-state index in [1.165, 1.54) is 49.6 Å². The molecule has 0 fully saturated rings. The van der Waals surface area contributed by atoms with Gasteiger partial charge in [0.2, 0.25) is 15.7 Å². The highest BCUT2D eigenvalue weighted by Crippen LogP contribution is 2.37. The Kier molecular flexibility index (Phi) is 6.16. The molecule has 0 saturated heterocycles. The molecule has 0 bridgehead atoms. The van der Waals surface area contributed by atoms with Crippen LogP contribution in [0.2, 0.25) is 5.02 Å². The van der Waals surface area contributed by atoms with Crippen molar-refractivity contribution in [2.45, 2.75) is 16.7 Å². The lowest BCUT2D eigenvalue weighted by Crippen LogP contribution is -2.38. The Labute approximate surface area is 201 Å². The predicted octanol–water partition coefficient (Wildman–Crippen LogP) is 3.87. The summed E-state index contributed by atoms with van der Waals surface area (Å²) in [5.74, 6) is -1.99. The number of rotatable bonds is 4. The van der Waals surface area contributed by atoms with Crippen molar-refractivity contribution in [1.82, 2.24) is 0 Å². The number of esters is 1. The third kappa shape index (κ3) is 4.04. The van der Waals surface area contributed by atoms with Gasteiger partial charge in [-0.25, -0.2) is 13.2 Å². The molecule has 0 spiro atoms. The summed E-state index contributed by atoms with van der Waals surface area (Å²) < 4.78 is 31.5. The third-order valence-corrected chi connectivity index (χ3v) is 7.72. The molecule has 10 heteroatoms. The molecule has 0 saturated carbocycles. The second-order valence-corrected chi connectivity index (χ2v) is 9.82. The zero-order valence-corrected chi connectivity index (χ0v) is 19.7. The topological polar surface area (TPSA) is 110 Å². The van der Waals surface area contributed by atoms with Crippen molar-refractivity contribution in [3.05, 3.63) is 82.4 Å². The summed E-state index contributed by atoms with van der Waals surface area (Å²) in [5.41, 5.74) is 0.954. The van der Waals surface area contributed by atoms with Crippen LogP contribution in [0.5, 0.6) is 0 Å². The van der Waals surface area contributed by atoms with E-state index in [1.54, 1.807) is 25.1 Å². The number of carbonyl (C=O) groups is 3. The molecule has 174 valence electrons. The Morgan fingerprint density at radius 1 is 1.03 bits per heavy atom. The van der Waals surface area contributed by atoms with Gasteiger partial charge in [-0.1, -0.05) is 29.8 Å². The average Bonchev–Trinajstić information content (AvgIpc) is 2.89. The van der Waals surface area contributed by atoms with E-state index in [1.807, 2.05) is 0 Å².